The van der Waals surface area contributed by atoms with Crippen molar-refractivity contribution in [2.45, 2.75) is 19.8 Å². The van der Waals surface area contributed by atoms with Crippen molar-refractivity contribution in [3.8, 4) is 28.2 Å². The molecule has 0 saturated carbocycles. The predicted octanol–water partition coefficient (Wildman–Crippen LogP) is 8.32. The maximum absolute atomic E-state index is 5.08. The van der Waals surface area contributed by atoms with E-state index in [1.165, 1.54) is 26.8 Å². The zero-order valence-corrected chi connectivity index (χ0v) is 22.0. The topological polar surface area (TPSA) is 17.8 Å². The van der Waals surface area contributed by atoms with E-state index in [0.29, 0.717) is 0 Å². The molecule has 0 unspecified atom stereocenters. The van der Waals surface area contributed by atoms with Crippen LogP contribution in [0.25, 0.3) is 49.3 Å². The molecule has 0 amide bonds. The number of nitrogens with zero attached hydrogens (tertiary/aromatic N) is 2. The Bertz CT molecular complexity index is 1560. The third kappa shape index (κ3) is 4.03. The first-order valence-electron chi connectivity index (χ1n) is 11.4. The second kappa shape index (κ2) is 9.68. The fourth-order valence-corrected chi connectivity index (χ4v) is 5.34. The molecule has 0 aliphatic rings. The molecule has 0 aliphatic heterocycles. The molecular formula is C30H23IrN2S-. The van der Waals surface area contributed by atoms with Gasteiger partial charge in [0.05, 0.1) is 16.9 Å². The molecule has 4 heteroatoms. The minimum absolute atomic E-state index is 0. The zero-order valence-electron chi connectivity index (χ0n) is 18.8. The monoisotopic (exact) mass is 636 g/mol. The Morgan fingerprint density at radius 1 is 0.824 bits per heavy atom. The largest absolute Gasteiger partial charge is 0.333 e. The predicted molar refractivity (Wildman–Crippen MR) is 140 cm³/mol. The Balaban J connectivity index is 0.00000241. The van der Waals surface area contributed by atoms with Crippen molar-refractivity contribution >= 4 is 32.5 Å². The van der Waals surface area contributed by atoms with Crippen LogP contribution in [0.2, 0.25) is 0 Å². The Labute approximate surface area is 217 Å². The number of rotatable bonds is 5. The summed E-state index contributed by atoms with van der Waals surface area (Å²) in [7, 11) is 0. The molecule has 169 valence electrons. The van der Waals surface area contributed by atoms with Gasteiger partial charge in [-0.1, -0.05) is 101 Å². The summed E-state index contributed by atoms with van der Waals surface area (Å²) in [4.78, 5) is 5.08. The first kappa shape index (κ1) is 22.7. The minimum Gasteiger partial charge on any atom is -0.333 e. The Kier molecular flexibility index (Phi) is 6.47. The number of hydrogen-bond donors (Lipinski definition) is 0. The van der Waals surface area contributed by atoms with Crippen molar-refractivity contribution < 1.29 is 20.1 Å². The van der Waals surface area contributed by atoms with E-state index in [1.54, 1.807) is 11.3 Å². The van der Waals surface area contributed by atoms with E-state index in [-0.39, 0.29) is 20.1 Å². The number of fused-ring (bicyclic) bond motifs is 2. The smallest absolute Gasteiger partial charge is 0.0774 e. The summed E-state index contributed by atoms with van der Waals surface area (Å²) >= 11 is 1.67. The molecule has 0 bridgehead atoms. The molecule has 1 radical (unpaired) electrons. The average Bonchev–Trinajstić information content (AvgIpc) is 3.46. The quantitative estimate of drug-likeness (QED) is 0.174. The van der Waals surface area contributed by atoms with E-state index in [4.69, 9.17) is 4.98 Å². The molecule has 2 heterocycles. The van der Waals surface area contributed by atoms with E-state index >= 15 is 0 Å². The van der Waals surface area contributed by atoms with Crippen LogP contribution in [-0.2, 0) is 26.5 Å². The SMILES string of the molecule is CCCc1ccc2s[c-]c(-c3nc4ccccc4n3-c3ccc(-c4ccccc4)cc3)c2c1.[Ir]. The van der Waals surface area contributed by atoms with Gasteiger partial charge in [-0.05, 0) is 41.8 Å². The van der Waals surface area contributed by atoms with Crippen LogP contribution in [0.5, 0.6) is 0 Å². The van der Waals surface area contributed by atoms with Crippen LogP contribution in [0.15, 0.2) is 97.1 Å². The van der Waals surface area contributed by atoms with E-state index in [1.807, 2.05) is 0 Å². The van der Waals surface area contributed by atoms with Crippen LogP contribution < -0.4 is 0 Å². The summed E-state index contributed by atoms with van der Waals surface area (Å²) in [6.07, 6.45) is 2.23. The Morgan fingerprint density at radius 3 is 2.35 bits per heavy atom. The number of aryl methyl sites for hydroxylation is 1. The van der Waals surface area contributed by atoms with Gasteiger partial charge in [-0.2, -0.15) is 0 Å². The molecular weight excluding hydrogens is 613 g/mol. The summed E-state index contributed by atoms with van der Waals surface area (Å²) in [6.45, 7) is 2.23. The second-order valence-electron chi connectivity index (χ2n) is 8.33. The second-order valence-corrected chi connectivity index (χ2v) is 9.18. The van der Waals surface area contributed by atoms with Crippen molar-refractivity contribution in [2.24, 2.45) is 0 Å². The van der Waals surface area contributed by atoms with Crippen molar-refractivity contribution in [3.63, 3.8) is 0 Å². The molecule has 0 saturated heterocycles. The fraction of sp³-hybridized carbons (Fsp3) is 0.100. The van der Waals surface area contributed by atoms with Gasteiger partial charge in [-0.25, -0.2) is 0 Å². The number of benzene rings is 4. The van der Waals surface area contributed by atoms with Crippen LogP contribution in [-0.4, -0.2) is 9.55 Å². The molecule has 2 nitrogen and oxygen atoms in total. The molecule has 0 atom stereocenters. The van der Waals surface area contributed by atoms with Crippen molar-refractivity contribution in [3.05, 3.63) is 108 Å². The van der Waals surface area contributed by atoms with E-state index in [9.17, 15) is 0 Å². The summed E-state index contributed by atoms with van der Waals surface area (Å²) < 4.78 is 3.53. The number of para-hydroxylation sites is 2. The molecule has 0 fully saturated rings. The maximum atomic E-state index is 5.08. The zero-order chi connectivity index (χ0) is 22.2. The van der Waals surface area contributed by atoms with E-state index in [2.05, 4.69) is 114 Å². The number of aromatic nitrogens is 2. The Hall–Kier alpha value is -3.04. The van der Waals surface area contributed by atoms with Gasteiger partial charge in [0.2, 0.25) is 0 Å². The average molecular weight is 636 g/mol. The molecule has 4 aromatic carbocycles. The van der Waals surface area contributed by atoms with Crippen LogP contribution in [0.1, 0.15) is 18.9 Å². The van der Waals surface area contributed by atoms with Crippen molar-refractivity contribution in [1.29, 1.82) is 0 Å². The molecule has 6 rings (SSSR count). The van der Waals surface area contributed by atoms with Crippen LogP contribution in [0.3, 0.4) is 0 Å². The standard InChI is InChI=1S/C30H23N2S.Ir/c1-2-8-21-13-18-29-25(19-21)26(20-33-29)30-31-27-11-6-7-12-28(27)32(30)24-16-14-23(15-17-24)22-9-4-3-5-10-22;/h3-7,9-19H,2,8H2,1H3;/q-1;. The van der Waals surface area contributed by atoms with Crippen molar-refractivity contribution in [2.75, 3.05) is 0 Å². The molecule has 34 heavy (non-hydrogen) atoms. The molecule has 6 aromatic rings. The van der Waals surface area contributed by atoms with Gasteiger partial charge in [0.15, 0.2) is 0 Å². The molecule has 0 N–H and O–H groups in total. The summed E-state index contributed by atoms with van der Waals surface area (Å²) in [5.41, 5.74) is 8.09. The first-order valence-corrected chi connectivity index (χ1v) is 12.2. The maximum Gasteiger partial charge on any atom is 0.0774 e. The van der Waals surface area contributed by atoms with Crippen LogP contribution in [0.4, 0.5) is 0 Å². The third-order valence-electron chi connectivity index (χ3n) is 6.13. The molecule has 2 aromatic heterocycles. The fourth-order valence-electron chi connectivity index (χ4n) is 4.52. The first-order chi connectivity index (χ1) is 16.3. The third-order valence-corrected chi connectivity index (χ3v) is 7.01. The van der Waals surface area contributed by atoms with Gasteiger partial charge in [-0.3, -0.25) is 16.3 Å². The number of imidazole rings is 1. The minimum atomic E-state index is 0. The molecule has 0 spiro atoms. The van der Waals surface area contributed by atoms with E-state index < -0.39 is 0 Å². The van der Waals surface area contributed by atoms with Gasteiger partial charge in [0, 0.05) is 25.8 Å². The molecule has 0 aliphatic carbocycles. The normalized spacial score (nSPS) is 11.1. The van der Waals surface area contributed by atoms with Gasteiger partial charge in [0.1, 0.15) is 0 Å². The van der Waals surface area contributed by atoms with Crippen molar-refractivity contribution in [1.82, 2.24) is 9.55 Å². The summed E-state index contributed by atoms with van der Waals surface area (Å²) in [5, 5.41) is 4.81. The summed E-state index contributed by atoms with van der Waals surface area (Å²) in [6, 6.07) is 34.4. The van der Waals surface area contributed by atoms with Gasteiger partial charge in [-0.15, -0.1) is 11.5 Å². The number of thiophene rings is 1. The van der Waals surface area contributed by atoms with Crippen LogP contribution >= 0.6 is 11.3 Å². The van der Waals surface area contributed by atoms with E-state index in [0.717, 1.165) is 41.0 Å². The van der Waals surface area contributed by atoms with Crippen LogP contribution in [0, 0.1) is 5.38 Å². The Morgan fingerprint density at radius 2 is 1.56 bits per heavy atom. The van der Waals surface area contributed by atoms with Gasteiger partial charge in [0.25, 0.3) is 0 Å². The van der Waals surface area contributed by atoms with Gasteiger partial charge < -0.3 is 4.57 Å². The van der Waals surface area contributed by atoms with Gasteiger partial charge >= 0.3 is 0 Å². The number of hydrogen-bond acceptors (Lipinski definition) is 2. The summed E-state index contributed by atoms with van der Waals surface area (Å²) in [5.74, 6) is 0.948.